The fourth-order valence-electron chi connectivity index (χ4n) is 4.12. The Balaban J connectivity index is 2.09. The molecule has 0 radical (unpaired) electrons. The summed E-state index contributed by atoms with van der Waals surface area (Å²) in [6.45, 7) is 0. The van der Waals surface area contributed by atoms with Gasteiger partial charge in [-0.15, -0.1) is 11.6 Å². The summed E-state index contributed by atoms with van der Waals surface area (Å²) in [6, 6.07) is 43.1. The second-order valence-corrected chi connectivity index (χ2v) is 11.2. The van der Waals surface area contributed by atoms with Gasteiger partial charge in [0.15, 0.2) is 8.07 Å². The van der Waals surface area contributed by atoms with Gasteiger partial charge in [-0.3, -0.25) is 0 Å². The van der Waals surface area contributed by atoms with E-state index in [4.69, 9.17) is 11.6 Å². The van der Waals surface area contributed by atoms with Crippen molar-refractivity contribution in [2.45, 2.75) is 0 Å². The van der Waals surface area contributed by atoms with Crippen molar-refractivity contribution in [2.75, 3.05) is 5.88 Å². The molecule has 0 aliphatic carbocycles. The van der Waals surface area contributed by atoms with Gasteiger partial charge in [0, 0.05) is 5.88 Å². The molecular formula is C27H23ClSi. The number of alkyl halides is 1. The minimum atomic E-state index is -2.51. The molecule has 0 N–H and O–H groups in total. The van der Waals surface area contributed by atoms with Crippen molar-refractivity contribution < 1.29 is 0 Å². The van der Waals surface area contributed by atoms with E-state index in [0.717, 1.165) is 0 Å². The van der Waals surface area contributed by atoms with E-state index in [0.29, 0.717) is 5.88 Å². The van der Waals surface area contributed by atoms with Crippen LogP contribution in [0.2, 0.25) is 0 Å². The topological polar surface area (TPSA) is 0 Å². The molecule has 0 bridgehead atoms. The summed E-state index contributed by atoms with van der Waals surface area (Å²) < 4.78 is 0. The minimum absolute atomic E-state index is 0.486. The monoisotopic (exact) mass is 410 g/mol. The largest absolute Gasteiger partial charge is 0.176 e. The average molecular weight is 411 g/mol. The summed E-state index contributed by atoms with van der Waals surface area (Å²) in [7, 11) is -2.51. The van der Waals surface area contributed by atoms with Gasteiger partial charge < -0.3 is 0 Å². The molecule has 0 atom stereocenters. The van der Waals surface area contributed by atoms with Gasteiger partial charge in [-0.1, -0.05) is 133 Å². The van der Waals surface area contributed by atoms with Crippen LogP contribution in [0.3, 0.4) is 0 Å². The molecule has 2 heteroatoms. The van der Waals surface area contributed by atoms with Gasteiger partial charge in [0.1, 0.15) is 0 Å². The molecular weight excluding hydrogens is 388 g/mol. The number of allylic oxidation sites excluding steroid dienone is 1. The smallest absolute Gasteiger partial charge is 0.122 e. The first-order valence-electron chi connectivity index (χ1n) is 9.84. The van der Waals surface area contributed by atoms with Crippen LogP contribution in [0.25, 0.3) is 6.08 Å². The standard InChI is InChI=1S/C27H23ClSi/c28-22-27(21-23-13-5-1-6-14-23)29(24-15-7-2-8-16-24,25-17-9-3-10-18-25)26-19-11-4-12-20-26/h1-21H,22H2/b27-21+. The van der Waals surface area contributed by atoms with E-state index in [-0.39, 0.29) is 0 Å². The molecule has 0 spiro atoms. The third kappa shape index (κ3) is 3.84. The Morgan fingerprint density at radius 1 is 0.552 bits per heavy atom. The van der Waals surface area contributed by atoms with Crippen LogP contribution in [-0.4, -0.2) is 14.0 Å². The highest BCUT2D eigenvalue weighted by Crippen LogP contribution is 2.21. The molecule has 142 valence electrons. The van der Waals surface area contributed by atoms with E-state index in [1.165, 1.54) is 26.3 Å². The Bertz CT molecular complexity index is 962. The van der Waals surface area contributed by atoms with Crippen LogP contribution in [0.15, 0.2) is 127 Å². The first kappa shape index (κ1) is 19.4. The maximum atomic E-state index is 6.72. The zero-order valence-corrected chi connectivity index (χ0v) is 18.0. The van der Waals surface area contributed by atoms with E-state index in [1.54, 1.807) is 0 Å². The van der Waals surface area contributed by atoms with Gasteiger partial charge >= 0.3 is 0 Å². The van der Waals surface area contributed by atoms with Crippen LogP contribution in [0, 0.1) is 0 Å². The maximum Gasteiger partial charge on any atom is 0.176 e. The second-order valence-electron chi connectivity index (χ2n) is 7.06. The molecule has 4 aromatic rings. The maximum absolute atomic E-state index is 6.72. The first-order valence-corrected chi connectivity index (χ1v) is 12.4. The van der Waals surface area contributed by atoms with Crippen LogP contribution in [0.5, 0.6) is 0 Å². The lowest BCUT2D eigenvalue weighted by atomic mass is 10.2. The van der Waals surface area contributed by atoms with Gasteiger partial charge in [-0.05, 0) is 21.1 Å². The van der Waals surface area contributed by atoms with Crippen LogP contribution >= 0.6 is 11.6 Å². The van der Waals surface area contributed by atoms with Gasteiger partial charge in [0.25, 0.3) is 0 Å². The molecule has 29 heavy (non-hydrogen) atoms. The van der Waals surface area contributed by atoms with Crippen LogP contribution in [0.1, 0.15) is 5.56 Å². The highest BCUT2D eigenvalue weighted by atomic mass is 35.5. The van der Waals surface area contributed by atoms with Crippen molar-refractivity contribution >= 4 is 41.3 Å². The number of benzene rings is 4. The van der Waals surface area contributed by atoms with E-state index in [2.05, 4.69) is 121 Å². The van der Waals surface area contributed by atoms with Crippen molar-refractivity contribution in [3.63, 3.8) is 0 Å². The molecule has 0 heterocycles. The van der Waals surface area contributed by atoms with Gasteiger partial charge in [0.05, 0.1) is 0 Å². The Hall–Kier alpha value is -2.87. The third-order valence-electron chi connectivity index (χ3n) is 5.39. The molecule has 0 nitrogen and oxygen atoms in total. The minimum Gasteiger partial charge on any atom is -0.122 e. The molecule has 0 amide bonds. The Morgan fingerprint density at radius 3 is 1.24 bits per heavy atom. The van der Waals surface area contributed by atoms with Gasteiger partial charge in [-0.2, -0.15) is 0 Å². The summed E-state index contributed by atoms with van der Waals surface area (Å²) in [6.07, 6.45) is 2.30. The zero-order valence-electron chi connectivity index (χ0n) is 16.2. The normalized spacial score (nSPS) is 12.0. The Labute approximate surface area is 179 Å². The SMILES string of the molecule is ClC/C(=C\c1ccccc1)[Si](c1ccccc1)(c1ccccc1)c1ccccc1. The molecule has 0 aliphatic rings. The highest BCUT2D eigenvalue weighted by Gasteiger charge is 2.42. The Kier molecular flexibility index (Phi) is 6.09. The zero-order chi connectivity index (χ0) is 19.9. The van der Waals surface area contributed by atoms with Crippen molar-refractivity contribution in [3.8, 4) is 0 Å². The van der Waals surface area contributed by atoms with Crippen molar-refractivity contribution in [3.05, 3.63) is 132 Å². The number of hydrogen-bond acceptors (Lipinski definition) is 0. The number of hydrogen-bond donors (Lipinski definition) is 0. The lowest BCUT2D eigenvalue weighted by molar-refractivity contribution is 1.57. The Morgan fingerprint density at radius 2 is 0.897 bits per heavy atom. The quantitative estimate of drug-likeness (QED) is 0.238. The average Bonchev–Trinajstić information content (AvgIpc) is 2.82. The van der Waals surface area contributed by atoms with E-state index >= 15 is 0 Å². The summed E-state index contributed by atoms with van der Waals surface area (Å²) in [5, 5.41) is 5.33. The second kappa shape index (κ2) is 9.08. The third-order valence-corrected chi connectivity index (χ3v) is 10.8. The fourth-order valence-corrected chi connectivity index (χ4v) is 9.57. The lowest BCUT2D eigenvalue weighted by Crippen LogP contribution is -2.69. The first-order chi connectivity index (χ1) is 14.4. The van der Waals surface area contributed by atoms with Crippen LogP contribution in [0.4, 0.5) is 0 Å². The predicted octanol–water partition coefficient (Wildman–Crippen LogP) is 5.02. The summed E-state index contributed by atoms with van der Waals surface area (Å²) in [4.78, 5) is 0. The van der Waals surface area contributed by atoms with Crippen LogP contribution in [-0.2, 0) is 0 Å². The van der Waals surface area contributed by atoms with E-state index in [1.807, 2.05) is 6.07 Å². The molecule has 4 aromatic carbocycles. The summed E-state index contributed by atoms with van der Waals surface area (Å²) in [5.74, 6) is 0.486. The number of halogens is 1. The fraction of sp³-hybridized carbons (Fsp3) is 0.0370. The van der Waals surface area contributed by atoms with Gasteiger partial charge in [0.2, 0.25) is 0 Å². The highest BCUT2D eigenvalue weighted by molar-refractivity contribution is 7.16. The molecule has 0 saturated carbocycles. The van der Waals surface area contributed by atoms with Crippen LogP contribution < -0.4 is 15.6 Å². The predicted molar refractivity (Wildman–Crippen MR) is 129 cm³/mol. The molecule has 0 fully saturated rings. The molecule has 4 rings (SSSR count). The molecule has 0 saturated heterocycles. The van der Waals surface area contributed by atoms with E-state index < -0.39 is 8.07 Å². The van der Waals surface area contributed by atoms with Crippen molar-refractivity contribution in [2.24, 2.45) is 0 Å². The summed E-state index contributed by atoms with van der Waals surface area (Å²) in [5.41, 5.74) is 1.18. The molecule has 0 aromatic heterocycles. The van der Waals surface area contributed by atoms with E-state index in [9.17, 15) is 0 Å². The lowest BCUT2D eigenvalue weighted by Gasteiger charge is -2.35. The van der Waals surface area contributed by atoms with Crippen molar-refractivity contribution in [1.29, 1.82) is 0 Å². The molecule has 0 unspecified atom stereocenters. The van der Waals surface area contributed by atoms with Gasteiger partial charge in [-0.25, -0.2) is 0 Å². The summed E-state index contributed by atoms with van der Waals surface area (Å²) >= 11 is 6.72. The molecule has 0 aliphatic heterocycles. The van der Waals surface area contributed by atoms with Crippen molar-refractivity contribution in [1.82, 2.24) is 0 Å². The number of rotatable bonds is 6.